The van der Waals surface area contributed by atoms with Gasteiger partial charge in [-0.15, -0.1) is 0 Å². The van der Waals surface area contributed by atoms with Crippen LogP contribution in [-0.2, 0) is 0 Å². The highest BCUT2D eigenvalue weighted by Gasteiger charge is 2.35. The van der Waals surface area contributed by atoms with E-state index in [-0.39, 0.29) is 0 Å². The summed E-state index contributed by atoms with van der Waals surface area (Å²) in [6, 6.07) is 0. The largest absolute Gasteiger partial charge is 0.0808 e. The topological polar surface area (TPSA) is 0 Å². The number of hydrogen-bond acceptors (Lipinski definition) is 0. The third kappa shape index (κ3) is 2.45. The van der Waals surface area contributed by atoms with E-state index >= 15 is 0 Å². The first-order valence-corrected chi connectivity index (χ1v) is 8.10. The monoisotopic (exact) mass is 262 g/mol. The van der Waals surface area contributed by atoms with Gasteiger partial charge < -0.3 is 0 Å². The summed E-state index contributed by atoms with van der Waals surface area (Å²) in [6.45, 7) is 0. The second kappa shape index (κ2) is 5.39. The summed E-state index contributed by atoms with van der Waals surface area (Å²) in [4.78, 5) is 0. The fourth-order valence-corrected chi connectivity index (χ4v) is 4.26. The summed E-state index contributed by atoms with van der Waals surface area (Å²) in [5.74, 6) is 4.05. The van der Waals surface area contributed by atoms with Crippen molar-refractivity contribution in [3.63, 3.8) is 0 Å². The lowest BCUT2D eigenvalue weighted by molar-refractivity contribution is 0.441. The number of hydrogen-bond donors (Lipinski definition) is 0. The van der Waals surface area contributed by atoms with E-state index in [2.05, 4.69) is 61.4 Å². The molecule has 102 valence electrons. The average molecular weight is 262 g/mol. The van der Waals surface area contributed by atoms with Crippen LogP contribution in [0.3, 0.4) is 0 Å². The first-order valence-electron chi connectivity index (χ1n) is 8.10. The van der Waals surface area contributed by atoms with Gasteiger partial charge in [0.2, 0.25) is 0 Å². The first kappa shape index (κ1) is 12.7. The van der Waals surface area contributed by atoms with Crippen molar-refractivity contribution < 1.29 is 0 Å². The van der Waals surface area contributed by atoms with Gasteiger partial charge in [0.15, 0.2) is 0 Å². The van der Waals surface area contributed by atoms with E-state index in [1.54, 1.807) is 0 Å². The van der Waals surface area contributed by atoms with Crippen molar-refractivity contribution >= 4 is 0 Å². The third-order valence-corrected chi connectivity index (χ3v) is 5.33. The predicted molar refractivity (Wildman–Crippen MR) is 82.5 cm³/mol. The van der Waals surface area contributed by atoms with Crippen LogP contribution in [0.25, 0.3) is 0 Å². The molecule has 20 heavy (non-hydrogen) atoms. The van der Waals surface area contributed by atoms with Crippen LogP contribution in [0, 0.1) is 48.3 Å². The SMILES string of the molecule is [C]1C(CCC2[C]C3C=CC=CC3C2)CC2C=CC=CC12. The Morgan fingerprint density at radius 1 is 0.650 bits per heavy atom. The van der Waals surface area contributed by atoms with Crippen molar-refractivity contribution in [3.05, 3.63) is 61.4 Å². The molecule has 0 aromatic rings. The Kier molecular flexibility index (Phi) is 3.42. The zero-order valence-corrected chi connectivity index (χ0v) is 11.9. The minimum atomic E-state index is 0.593. The molecule has 0 nitrogen and oxygen atoms in total. The highest BCUT2D eigenvalue weighted by atomic mass is 14.4. The van der Waals surface area contributed by atoms with Crippen LogP contribution in [0.15, 0.2) is 48.6 Å². The van der Waals surface area contributed by atoms with Crippen LogP contribution < -0.4 is 0 Å². The van der Waals surface area contributed by atoms with Gasteiger partial charge in [-0.2, -0.15) is 0 Å². The Hall–Kier alpha value is -1.04. The van der Waals surface area contributed by atoms with Crippen LogP contribution in [0.2, 0.25) is 0 Å². The van der Waals surface area contributed by atoms with Gasteiger partial charge in [-0.1, -0.05) is 48.6 Å². The number of rotatable bonds is 3. The standard InChI is InChI=1S/C20H22/c1-2-6-18-12-15(11-17(18)5-1)9-10-16-13-19-7-3-4-8-20(19)14-16/h1-8,15-20H,9-11,13H2. The van der Waals surface area contributed by atoms with Crippen LogP contribution >= 0.6 is 0 Å². The van der Waals surface area contributed by atoms with Gasteiger partial charge in [-0.3, -0.25) is 0 Å². The van der Waals surface area contributed by atoms with Gasteiger partial charge in [0.1, 0.15) is 0 Å². The van der Waals surface area contributed by atoms with E-state index in [9.17, 15) is 0 Å². The molecule has 4 radical (unpaired) electrons. The third-order valence-electron chi connectivity index (χ3n) is 5.33. The predicted octanol–water partition coefficient (Wildman–Crippen LogP) is 4.69. The van der Waals surface area contributed by atoms with Crippen molar-refractivity contribution in [1.82, 2.24) is 0 Å². The summed E-state index contributed by atoms with van der Waals surface area (Å²) in [7, 11) is 0. The van der Waals surface area contributed by atoms with E-state index in [0.29, 0.717) is 23.7 Å². The van der Waals surface area contributed by atoms with Gasteiger partial charge in [-0.05, 0) is 74.0 Å². The second-order valence-corrected chi connectivity index (χ2v) is 6.69. The van der Waals surface area contributed by atoms with E-state index in [1.165, 1.54) is 25.7 Å². The normalized spacial score (nSPS) is 44.8. The molecule has 0 saturated heterocycles. The summed E-state index contributed by atoms with van der Waals surface area (Å²) in [5.41, 5.74) is 0. The molecule has 0 bridgehead atoms. The molecule has 2 saturated carbocycles. The Morgan fingerprint density at radius 2 is 1.10 bits per heavy atom. The molecule has 0 spiro atoms. The fourth-order valence-electron chi connectivity index (χ4n) is 4.26. The van der Waals surface area contributed by atoms with E-state index in [0.717, 1.165) is 11.8 Å². The summed E-state index contributed by atoms with van der Waals surface area (Å²) < 4.78 is 0. The molecule has 4 aliphatic carbocycles. The maximum Gasteiger partial charge on any atom is -0.00588 e. The molecular formula is C20H22. The van der Waals surface area contributed by atoms with Crippen molar-refractivity contribution in [2.75, 3.05) is 0 Å². The van der Waals surface area contributed by atoms with Gasteiger partial charge in [0, 0.05) is 0 Å². The molecule has 2 fully saturated rings. The summed E-state index contributed by atoms with van der Waals surface area (Å²) >= 11 is 0. The molecule has 0 amide bonds. The molecule has 0 aliphatic heterocycles. The van der Waals surface area contributed by atoms with E-state index < -0.39 is 0 Å². The number of allylic oxidation sites excluding steroid dienone is 8. The van der Waals surface area contributed by atoms with Crippen molar-refractivity contribution in [2.24, 2.45) is 35.5 Å². The van der Waals surface area contributed by atoms with Crippen LogP contribution in [0.5, 0.6) is 0 Å². The van der Waals surface area contributed by atoms with E-state index in [4.69, 9.17) is 0 Å². The van der Waals surface area contributed by atoms with Gasteiger partial charge in [0.05, 0.1) is 0 Å². The second-order valence-electron chi connectivity index (χ2n) is 6.69. The van der Waals surface area contributed by atoms with E-state index in [1.807, 2.05) is 0 Å². The maximum absolute atomic E-state index is 3.79. The maximum atomic E-state index is 3.79. The summed E-state index contributed by atoms with van der Waals surface area (Å²) in [5, 5.41) is 0. The lowest BCUT2D eigenvalue weighted by atomic mass is 9.92. The Bertz CT molecular complexity index is 380. The van der Waals surface area contributed by atoms with Crippen molar-refractivity contribution in [3.8, 4) is 0 Å². The highest BCUT2D eigenvalue weighted by molar-refractivity contribution is 5.22. The molecule has 0 N–H and O–H groups in total. The molecule has 6 unspecified atom stereocenters. The Balaban J connectivity index is 1.28. The lowest BCUT2D eigenvalue weighted by Gasteiger charge is -2.13. The van der Waals surface area contributed by atoms with Gasteiger partial charge >= 0.3 is 0 Å². The molecular weight excluding hydrogens is 240 g/mol. The zero-order chi connectivity index (χ0) is 13.4. The van der Waals surface area contributed by atoms with Gasteiger partial charge in [-0.25, -0.2) is 0 Å². The van der Waals surface area contributed by atoms with Crippen molar-refractivity contribution in [1.29, 1.82) is 0 Å². The lowest BCUT2D eigenvalue weighted by Crippen LogP contribution is -2.03. The molecule has 0 heterocycles. The molecule has 4 rings (SSSR count). The number of fused-ring (bicyclic) bond motifs is 2. The Labute approximate surface area is 123 Å². The fraction of sp³-hybridized carbons (Fsp3) is 0.500. The Morgan fingerprint density at radius 3 is 1.55 bits per heavy atom. The highest BCUT2D eigenvalue weighted by Crippen LogP contribution is 2.45. The van der Waals surface area contributed by atoms with Gasteiger partial charge in [0.25, 0.3) is 0 Å². The first-order chi connectivity index (χ1) is 9.88. The van der Waals surface area contributed by atoms with Crippen LogP contribution in [0.4, 0.5) is 0 Å². The molecule has 0 heteroatoms. The van der Waals surface area contributed by atoms with Crippen LogP contribution in [-0.4, -0.2) is 0 Å². The smallest absolute Gasteiger partial charge is 0.00588 e. The zero-order valence-electron chi connectivity index (χ0n) is 11.9. The minimum absolute atomic E-state index is 0.593. The van der Waals surface area contributed by atoms with Crippen molar-refractivity contribution in [2.45, 2.75) is 25.7 Å². The molecule has 4 aliphatic rings. The minimum Gasteiger partial charge on any atom is -0.0808 e. The molecule has 0 aromatic carbocycles. The summed E-state index contributed by atoms with van der Waals surface area (Å²) in [6.07, 6.45) is 30.9. The molecule has 6 atom stereocenters. The quantitative estimate of drug-likeness (QED) is 0.692. The molecule has 0 aromatic heterocycles. The average Bonchev–Trinajstić information content (AvgIpc) is 3.07. The van der Waals surface area contributed by atoms with Crippen LogP contribution in [0.1, 0.15) is 25.7 Å².